The fourth-order valence-corrected chi connectivity index (χ4v) is 1.41. The molecular formula is C16H20Cl2SiZr. The second-order valence-corrected chi connectivity index (χ2v) is 3.23. The molecule has 0 fully saturated rings. The number of fused-ring (bicyclic) bond motifs is 1. The molecule has 0 spiro atoms. The maximum Gasteiger partial charge on any atom is 3.00 e. The Morgan fingerprint density at radius 2 is 1.40 bits per heavy atom. The summed E-state index contributed by atoms with van der Waals surface area (Å²) in [7, 11) is 0. The Morgan fingerprint density at radius 3 is 1.85 bits per heavy atom. The van der Waals surface area contributed by atoms with E-state index < -0.39 is 0 Å². The Balaban J connectivity index is -0.000000107. The van der Waals surface area contributed by atoms with Gasteiger partial charge in [0.25, 0.3) is 0 Å². The van der Waals surface area contributed by atoms with Gasteiger partial charge in [0.15, 0.2) is 0 Å². The van der Waals surface area contributed by atoms with E-state index in [0.717, 1.165) is 0 Å². The van der Waals surface area contributed by atoms with Gasteiger partial charge in [-0.25, -0.2) is 0 Å². The van der Waals surface area contributed by atoms with E-state index in [2.05, 4.69) is 48.5 Å². The molecule has 0 nitrogen and oxygen atoms in total. The molecule has 0 bridgehead atoms. The van der Waals surface area contributed by atoms with Gasteiger partial charge in [0.05, 0.1) is 0 Å². The zero-order chi connectivity index (χ0) is 10.3. The van der Waals surface area contributed by atoms with Crippen molar-refractivity contribution >= 4 is 46.6 Å². The average Bonchev–Trinajstić information content (AvgIpc) is 2.80. The molecule has 0 amide bonds. The summed E-state index contributed by atoms with van der Waals surface area (Å²) in [5, 5.41) is 2.66. The molecule has 0 saturated heterocycles. The Bertz CT molecular complexity index is 455. The third-order valence-electron chi connectivity index (χ3n) is 2.15. The molecule has 20 heavy (non-hydrogen) atoms. The van der Waals surface area contributed by atoms with E-state index in [1.165, 1.54) is 10.8 Å². The third kappa shape index (κ3) is 9.61. The summed E-state index contributed by atoms with van der Waals surface area (Å²) in [6.07, 6.45) is 0. The van der Waals surface area contributed by atoms with Crippen LogP contribution in [-0.4, -0.2) is 11.0 Å². The van der Waals surface area contributed by atoms with Crippen molar-refractivity contribution in [1.29, 1.82) is 0 Å². The van der Waals surface area contributed by atoms with E-state index in [9.17, 15) is 0 Å². The topological polar surface area (TPSA) is 0 Å². The van der Waals surface area contributed by atoms with Crippen molar-refractivity contribution in [3.8, 4) is 0 Å². The maximum absolute atomic E-state index is 2.89. The number of rotatable bonds is 0. The fraction of sp³-hybridized carbons (Fsp3) is 0. The van der Waals surface area contributed by atoms with Gasteiger partial charge < -0.3 is 7.43 Å². The Labute approximate surface area is 158 Å². The average molecular weight is 403 g/mol. The van der Waals surface area contributed by atoms with Crippen LogP contribution in [0.4, 0.5) is 0 Å². The van der Waals surface area contributed by atoms with E-state index >= 15 is 0 Å². The van der Waals surface area contributed by atoms with Crippen LogP contribution in [-0.2, 0) is 26.2 Å². The summed E-state index contributed by atoms with van der Waals surface area (Å²) in [6.45, 7) is 0. The minimum Gasteiger partial charge on any atom is -0.358 e. The van der Waals surface area contributed by atoms with Crippen molar-refractivity contribution in [2.24, 2.45) is 0 Å². The molecule has 4 heteroatoms. The molecule has 0 aliphatic heterocycles. The van der Waals surface area contributed by atoms with Gasteiger partial charge in [-0.05, 0) is 11.0 Å². The van der Waals surface area contributed by atoms with E-state index in [0.29, 0.717) is 0 Å². The largest absolute Gasteiger partial charge is 3.00 e. The SMILES string of the molecule is Cl.Cl.[CH3-].[SiH3].[Zr+3].[c-]1ccccc1.c1ccc2[cH-]ccc2c1. The first-order valence-corrected chi connectivity index (χ1v) is 4.98. The molecule has 0 N–H and O–H groups in total. The third-order valence-corrected chi connectivity index (χ3v) is 2.15. The van der Waals surface area contributed by atoms with E-state index in [-0.39, 0.29) is 69.4 Å². The van der Waals surface area contributed by atoms with E-state index in [4.69, 9.17) is 0 Å². The Morgan fingerprint density at radius 1 is 0.800 bits per heavy atom. The van der Waals surface area contributed by atoms with Crippen LogP contribution in [0, 0.1) is 13.5 Å². The van der Waals surface area contributed by atoms with Gasteiger partial charge in [-0.3, -0.25) is 0 Å². The Hall–Kier alpha value is -0.270. The van der Waals surface area contributed by atoms with Crippen molar-refractivity contribution in [2.75, 3.05) is 0 Å². The molecule has 0 heterocycles. The molecule has 3 aromatic rings. The van der Waals surface area contributed by atoms with Crippen LogP contribution in [0.5, 0.6) is 0 Å². The van der Waals surface area contributed by atoms with Gasteiger partial charge in [0, 0.05) is 0 Å². The second kappa shape index (κ2) is 16.8. The summed E-state index contributed by atoms with van der Waals surface area (Å²) in [4.78, 5) is 0. The number of hydrogen-bond acceptors (Lipinski definition) is 0. The number of benzene rings is 2. The minimum absolute atomic E-state index is 0. The van der Waals surface area contributed by atoms with Crippen molar-refractivity contribution in [1.82, 2.24) is 0 Å². The van der Waals surface area contributed by atoms with E-state index in [1.54, 1.807) is 0 Å². The van der Waals surface area contributed by atoms with Gasteiger partial charge in [-0.15, -0.1) is 54.5 Å². The van der Waals surface area contributed by atoms with Crippen molar-refractivity contribution in [3.63, 3.8) is 0 Å². The van der Waals surface area contributed by atoms with Crippen LogP contribution < -0.4 is 0 Å². The predicted octanol–water partition coefficient (Wildman–Crippen LogP) is 4.15. The molecule has 0 aromatic heterocycles. The smallest absolute Gasteiger partial charge is 0.358 e. The quantitative estimate of drug-likeness (QED) is 0.391. The minimum atomic E-state index is 0. The van der Waals surface area contributed by atoms with Crippen LogP contribution >= 0.6 is 24.8 Å². The maximum atomic E-state index is 2.89. The molecule has 0 aliphatic carbocycles. The fourth-order valence-electron chi connectivity index (χ4n) is 1.41. The standard InChI is InChI=1S/C9H7.C6H5.CH3.2ClH.H3Si.Zr/c1-2-5-9-7-3-6-8(9)4-1;1-2-4-6-5-3-1;;;;;/h1-7H;1-5H;1H3;2*1H;1H3;/q3*-1;;;;+3. The molecule has 3 aromatic carbocycles. The van der Waals surface area contributed by atoms with Crippen LogP contribution in [0.1, 0.15) is 0 Å². The first-order chi connectivity index (χ1) is 7.47. The Kier molecular flexibility index (Phi) is 23.5. The summed E-state index contributed by atoms with van der Waals surface area (Å²) >= 11 is 0. The first-order valence-electron chi connectivity index (χ1n) is 4.98. The molecule has 0 unspecified atom stereocenters. The molecular weight excluding hydrogens is 382 g/mol. The van der Waals surface area contributed by atoms with Crippen molar-refractivity contribution in [2.45, 2.75) is 0 Å². The zero-order valence-electron chi connectivity index (χ0n) is 11.7. The summed E-state index contributed by atoms with van der Waals surface area (Å²) < 4.78 is 0. The van der Waals surface area contributed by atoms with Gasteiger partial charge in [0.2, 0.25) is 0 Å². The number of halogens is 2. The molecule has 3 rings (SSSR count). The monoisotopic (exact) mass is 400 g/mol. The zero-order valence-corrected chi connectivity index (χ0v) is 17.8. The van der Waals surface area contributed by atoms with Gasteiger partial charge in [0.1, 0.15) is 0 Å². The molecule has 0 aliphatic rings. The van der Waals surface area contributed by atoms with E-state index in [1.807, 2.05) is 30.3 Å². The molecule has 106 valence electrons. The predicted molar refractivity (Wildman–Crippen MR) is 95.7 cm³/mol. The van der Waals surface area contributed by atoms with Crippen LogP contribution in [0.15, 0.2) is 72.8 Å². The molecule has 0 atom stereocenters. The number of hydrogen-bond donors (Lipinski definition) is 0. The van der Waals surface area contributed by atoms with Gasteiger partial charge in [-0.1, -0.05) is 6.07 Å². The second-order valence-electron chi connectivity index (χ2n) is 3.23. The van der Waals surface area contributed by atoms with Gasteiger partial charge >= 0.3 is 26.2 Å². The van der Waals surface area contributed by atoms with Crippen LogP contribution in [0.2, 0.25) is 0 Å². The molecule has 2 radical (unpaired) electrons. The van der Waals surface area contributed by atoms with Crippen LogP contribution in [0.25, 0.3) is 10.8 Å². The van der Waals surface area contributed by atoms with Crippen molar-refractivity contribution < 1.29 is 26.2 Å². The first kappa shape index (κ1) is 28.0. The summed E-state index contributed by atoms with van der Waals surface area (Å²) in [5.74, 6) is 0. The normalized spacial score (nSPS) is 7.00. The summed E-state index contributed by atoms with van der Waals surface area (Å²) in [6, 6.07) is 27.2. The van der Waals surface area contributed by atoms with Gasteiger partial charge in [-0.2, -0.15) is 53.9 Å². The summed E-state index contributed by atoms with van der Waals surface area (Å²) in [5.41, 5.74) is 0. The molecule has 0 saturated carbocycles. The van der Waals surface area contributed by atoms with Crippen LogP contribution in [0.3, 0.4) is 0 Å². The van der Waals surface area contributed by atoms with Crippen molar-refractivity contribution in [3.05, 3.63) is 86.3 Å².